The number of carbonyl (C=O) groups excluding carboxylic acids is 3. The minimum Gasteiger partial charge on any atom is -0.351 e. The van der Waals surface area contributed by atoms with Crippen LogP contribution in [0.15, 0.2) is 48.5 Å². The summed E-state index contributed by atoms with van der Waals surface area (Å²) in [6.07, 6.45) is 0. The van der Waals surface area contributed by atoms with Gasteiger partial charge < -0.3 is 21.7 Å². The second-order valence-electron chi connectivity index (χ2n) is 4.78. The Kier molecular flexibility index (Phi) is 4.93. The predicted molar refractivity (Wildman–Crippen MR) is 88.3 cm³/mol. The first-order valence-corrected chi connectivity index (χ1v) is 6.79. The van der Waals surface area contributed by atoms with Crippen LogP contribution in [0.25, 0.3) is 0 Å². The first-order valence-electron chi connectivity index (χ1n) is 6.79. The highest BCUT2D eigenvalue weighted by Gasteiger charge is 2.07. The number of anilines is 3. The molecule has 0 aliphatic rings. The third kappa shape index (κ3) is 4.85. The highest BCUT2D eigenvalue weighted by molar-refractivity contribution is 6.05. The van der Waals surface area contributed by atoms with Crippen molar-refractivity contribution in [2.45, 2.75) is 6.92 Å². The van der Waals surface area contributed by atoms with Crippen molar-refractivity contribution in [2.75, 3.05) is 16.0 Å². The Labute approximate surface area is 132 Å². The Bertz CT molecular complexity index is 741. The quantitative estimate of drug-likeness (QED) is 0.695. The van der Waals surface area contributed by atoms with Crippen LogP contribution >= 0.6 is 0 Å². The number of primary amides is 1. The summed E-state index contributed by atoms with van der Waals surface area (Å²) in [7, 11) is 0. The number of hydrogen-bond donors (Lipinski definition) is 4. The lowest BCUT2D eigenvalue weighted by Gasteiger charge is -2.08. The maximum Gasteiger partial charge on any atom is 0.316 e. The number of hydrogen-bond acceptors (Lipinski definition) is 3. The Morgan fingerprint density at radius 3 is 2.00 bits per heavy atom. The van der Waals surface area contributed by atoms with E-state index in [1.54, 1.807) is 48.5 Å². The highest BCUT2D eigenvalue weighted by atomic mass is 16.2. The molecule has 5 N–H and O–H groups in total. The Morgan fingerprint density at radius 2 is 1.43 bits per heavy atom. The molecule has 0 aromatic heterocycles. The van der Waals surface area contributed by atoms with Crippen LogP contribution in [0.1, 0.15) is 17.3 Å². The van der Waals surface area contributed by atoms with Crippen LogP contribution in [-0.2, 0) is 4.79 Å². The fourth-order valence-electron chi connectivity index (χ4n) is 1.93. The maximum atomic E-state index is 12.2. The molecule has 0 spiro atoms. The van der Waals surface area contributed by atoms with Gasteiger partial charge in [-0.25, -0.2) is 4.79 Å². The summed E-state index contributed by atoms with van der Waals surface area (Å²) in [6, 6.07) is 12.4. The van der Waals surface area contributed by atoms with E-state index >= 15 is 0 Å². The van der Waals surface area contributed by atoms with Crippen molar-refractivity contribution < 1.29 is 14.4 Å². The molecule has 4 amide bonds. The lowest BCUT2D eigenvalue weighted by atomic mass is 10.2. The number of nitrogens with one attached hydrogen (secondary N) is 3. The molecule has 7 nitrogen and oxygen atoms in total. The van der Waals surface area contributed by atoms with Crippen molar-refractivity contribution in [1.82, 2.24) is 0 Å². The number of benzene rings is 2. The number of urea groups is 1. The van der Waals surface area contributed by atoms with Gasteiger partial charge in [-0.2, -0.15) is 0 Å². The van der Waals surface area contributed by atoms with Gasteiger partial charge >= 0.3 is 6.03 Å². The molecule has 7 heteroatoms. The van der Waals surface area contributed by atoms with Crippen LogP contribution in [0.2, 0.25) is 0 Å². The summed E-state index contributed by atoms with van der Waals surface area (Å²) in [5.41, 5.74) is 7.09. The molecule has 2 rings (SSSR count). The molecule has 0 unspecified atom stereocenters. The monoisotopic (exact) mass is 312 g/mol. The van der Waals surface area contributed by atoms with Crippen molar-refractivity contribution in [1.29, 1.82) is 0 Å². The Balaban J connectivity index is 2.06. The molecular formula is C16H16N4O3. The van der Waals surface area contributed by atoms with Crippen molar-refractivity contribution in [3.8, 4) is 0 Å². The van der Waals surface area contributed by atoms with Crippen LogP contribution in [0.3, 0.4) is 0 Å². The molecule has 23 heavy (non-hydrogen) atoms. The van der Waals surface area contributed by atoms with E-state index in [2.05, 4.69) is 16.0 Å². The molecule has 0 aliphatic heterocycles. The average Bonchev–Trinajstić information content (AvgIpc) is 2.47. The Morgan fingerprint density at radius 1 is 0.826 bits per heavy atom. The number of carbonyl (C=O) groups is 3. The number of rotatable bonds is 4. The first-order chi connectivity index (χ1) is 10.9. The highest BCUT2D eigenvalue weighted by Crippen LogP contribution is 2.17. The van der Waals surface area contributed by atoms with Crippen LogP contribution in [0.4, 0.5) is 21.9 Å². The minimum atomic E-state index is -0.669. The standard InChI is InChI=1S/C16H16N4O3/c1-10(21)18-13-3-2-4-14(9-13)19-15(22)11-5-7-12(8-6-11)20-16(17)23/h2-9H,1H3,(H,18,21)(H,19,22)(H3,17,20,23). The third-order valence-corrected chi connectivity index (χ3v) is 2.86. The van der Waals surface area contributed by atoms with Gasteiger partial charge in [0.05, 0.1) is 0 Å². The summed E-state index contributed by atoms with van der Waals surface area (Å²) < 4.78 is 0. The van der Waals surface area contributed by atoms with Gasteiger partial charge in [-0.05, 0) is 42.5 Å². The van der Waals surface area contributed by atoms with Gasteiger partial charge in [-0.3, -0.25) is 9.59 Å². The van der Waals surface area contributed by atoms with E-state index in [1.165, 1.54) is 6.92 Å². The molecular weight excluding hydrogens is 296 g/mol. The first kappa shape index (κ1) is 16.0. The summed E-state index contributed by atoms with van der Waals surface area (Å²) in [5.74, 6) is -0.499. The zero-order valence-corrected chi connectivity index (χ0v) is 12.4. The Hall–Kier alpha value is -3.35. The zero-order chi connectivity index (χ0) is 16.8. The fraction of sp³-hybridized carbons (Fsp3) is 0.0625. The molecule has 0 saturated heterocycles. The van der Waals surface area contributed by atoms with Crippen LogP contribution in [-0.4, -0.2) is 17.8 Å². The van der Waals surface area contributed by atoms with E-state index in [1.807, 2.05) is 0 Å². The minimum absolute atomic E-state index is 0.189. The summed E-state index contributed by atoms with van der Waals surface area (Å²) in [6.45, 7) is 1.41. The van der Waals surface area contributed by atoms with Gasteiger partial charge in [0, 0.05) is 29.5 Å². The van der Waals surface area contributed by atoms with E-state index in [0.29, 0.717) is 22.6 Å². The van der Waals surface area contributed by atoms with Gasteiger partial charge in [-0.15, -0.1) is 0 Å². The average molecular weight is 312 g/mol. The second-order valence-corrected chi connectivity index (χ2v) is 4.78. The lowest BCUT2D eigenvalue weighted by Crippen LogP contribution is -2.19. The molecule has 0 saturated carbocycles. The topological polar surface area (TPSA) is 113 Å². The summed E-state index contributed by atoms with van der Waals surface area (Å²) in [5, 5.41) is 7.78. The molecule has 118 valence electrons. The van der Waals surface area contributed by atoms with E-state index in [-0.39, 0.29) is 11.8 Å². The molecule has 0 radical (unpaired) electrons. The molecule has 0 heterocycles. The van der Waals surface area contributed by atoms with Gasteiger partial charge in [0.15, 0.2) is 0 Å². The molecule has 0 fully saturated rings. The largest absolute Gasteiger partial charge is 0.351 e. The maximum absolute atomic E-state index is 12.2. The predicted octanol–water partition coefficient (Wildman–Crippen LogP) is 2.39. The van der Waals surface area contributed by atoms with Gasteiger partial charge in [0.2, 0.25) is 5.91 Å². The van der Waals surface area contributed by atoms with E-state index < -0.39 is 6.03 Å². The smallest absolute Gasteiger partial charge is 0.316 e. The SMILES string of the molecule is CC(=O)Nc1cccc(NC(=O)c2ccc(NC(N)=O)cc2)c1. The molecule has 0 bridgehead atoms. The molecule has 0 atom stereocenters. The normalized spacial score (nSPS) is 9.78. The van der Waals surface area contributed by atoms with Crippen molar-refractivity contribution in [2.24, 2.45) is 5.73 Å². The van der Waals surface area contributed by atoms with E-state index in [0.717, 1.165) is 0 Å². The third-order valence-electron chi connectivity index (χ3n) is 2.86. The van der Waals surface area contributed by atoms with Gasteiger partial charge in [-0.1, -0.05) is 6.07 Å². The summed E-state index contributed by atoms with van der Waals surface area (Å²) in [4.78, 5) is 33.9. The molecule has 2 aromatic carbocycles. The van der Waals surface area contributed by atoms with Crippen molar-refractivity contribution in [3.63, 3.8) is 0 Å². The molecule has 2 aromatic rings. The van der Waals surface area contributed by atoms with Crippen molar-refractivity contribution in [3.05, 3.63) is 54.1 Å². The van der Waals surface area contributed by atoms with Gasteiger partial charge in [0.1, 0.15) is 0 Å². The summed E-state index contributed by atoms with van der Waals surface area (Å²) >= 11 is 0. The van der Waals surface area contributed by atoms with Crippen molar-refractivity contribution >= 4 is 34.9 Å². The number of amides is 4. The fourth-order valence-corrected chi connectivity index (χ4v) is 1.93. The zero-order valence-electron chi connectivity index (χ0n) is 12.4. The van der Waals surface area contributed by atoms with E-state index in [4.69, 9.17) is 5.73 Å². The second kappa shape index (κ2) is 7.08. The van der Waals surface area contributed by atoms with Gasteiger partial charge in [0.25, 0.3) is 5.91 Å². The van der Waals surface area contributed by atoms with E-state index in [9.17, 15) is 14.4 Å². The molecule has 0 aliphatic carbocycles. The van der Waals surface area contributed by atoms with Crippen LogP contribution < -0.4 is 21.7 Å². The van der Waals surface area contributed by atoms with Crippen LogP contribution in [0, 0.1) is 0 Å². The lowest BCUT2D eigenvalue weighted by molar-refractivity contribution is -0.114. The van der Waals surface area contributed by atoms with Crippen LogP contribution in [0.5, 0.6) is 0 Å². The number of nitrogens with two attached hydrogens (primary N) is 1.